The first-order valence-electron chi connectivity index (χ1n) is 4.21. The maximum absolute atomic E-state index is 9.59. The average molecular weight is 182 g/mol. The normalized spacial score (nSPS) is 15.0. The van der Waals surface area contributed by atoms with E-state index in [9.17, 15) is 5.11 Å². The van der Waals surface area contributed by atoms with Crippen LogP contribution in [0.4, 0.5) is 0 Å². The molecule has 0 aliphatic carbocycles. The van der Waals surface area contributed by atoms with Gasteiger partial charge in [-0.15, -0.1) is 0 Å². The molecule has 0 heterocycles. The summed E-state index contributed by atoms with van der Waals surface area (Å²) < 4.78 is 5.24. The molecule has 1 aromatic carbocycles. The highest BCUT2D eigenvalue weighted by atomic mass is 16.6. The molecule has 1 unspecified atom stereocenters. The fraction of sp³-hybridized carbons (Fsp3) is 0.400. The Bertz CT molecular complexity index is 244. The van der Waals surface area contributed by atoms with Crippen LogP contribution in [-0.2, 0) is 0 Å². The largest absolute Gasteiger partial charge is 0.463 e. The summed E-state index contributed by atoms with van der Waals surface area (Å²) in [5, 5.41) is 18.2. The summed E-state index contributed by atoms with van der Waals surface area (Å²) >= 11 is 0. The van der Waals surface area contributed by atoms with Crippen molar-refractivity contribution in [1.29, 1.82) is 0 Å². The summed E-state index contributed by atoms with van der Waals surface area (Å²) in [7, 11) is 0. The van der Waals surface area contributed by atoms with Crippen molar-refractivity contribution in [3.8, 4) is 5.75 Å². The SMILES string of the molecule is CC(O)(CCO)Oc1ccccc1. The first-order valence-corrected chi connectivity index (χ1v) is 4.21. The molecule has 0 aliphatic rings. The molecule has 1 atom stereocenters. The van der Waals surface area contributed by atoms with Crippen LogP contribution in [0.2, 0.25) is 0 Å². The second-order valence-corrected chi connectivity index (χ2v) is 3.06. The van der Waals surface area contributed by atoms with Crippen LogP contribution >= 0.6 is 0 Å². The summed E-state index contributed by atoms with van der Waals surface area (Å²) in [6, 6.07) is 9.03. The molecule has 0 saturated heterocycles. The predicted octanol–water partition coefficient (Wildman–Crippen LogP) is 1.16. The van der Waals surface area contributed by atoms with E-state index in [0.29, 0.717) is 5.75 Å². The molecule has 0 saturated carbocycles. The van der Waals surface area contributed by atoms with Gasteiger partial charge in [0.25, 0.3) is 0 Å². The monoisotopic (exact) mass is 182 g/mol. The molecule has 2 N–H and O–H groups in total. The van der Waals surface area contributed by atoms with Crippen molar-refractivity contribution in [2.75, 3.05) is 6.61 Å². The van der Waals surface area contributed by atoms with E-state index >= 15 is 0 Å². The van der Waals surface area contributed by atoms with Gasteiger partial charge in [-0.25, -0.2) is 0 Å². The number of aliphatic hydroxyl groups is 2. The molecule has 0 bridgehead atoms. The van der Waals surface area contributed by atoms with Crippen LogP contribution in [0.5, 0.6) is 5.75 Å². The standard InChI is InChI=1S/C10H14O3/c1-10(12,7-8-11)13-9-5-3-2-4-6-9/h2-6,11-12H,7-8H2,1H3. The molecule has 72 valence electrons. The van der Waals surface area contributed by atoms with E-state index in [1.165, 1.54) is 6.92 Å². The van der Waals surface area contributed by atoms with Gasteiger partial charge in [0.05, 0.1) is 0 Å². The highest BCUT2D eigenvalue weighted by Gasteiger charge is 2.21. The number of rotatable bonds is 4. The second-order valence-electron chi connectivity index (χ2n) is 3.06. The zero-order valence-corrected chi connectivity index (χ0v) is 7.60. The van der Waals surface area contributed by atoms with Crippen molar-refractivity contribution in [1.82, 2.24) is 0 Å². The Morgan fingerprint density at radius 1 is 1.31 bits per heavy atom. The molecule has 0 aliphatic heterocycles. The average Bonchev–Trinajstić information content (AvgIpc) is 2.04. The third-order valence-electron chi connectivity index (χ3n) is 1.66. The number of benzene rings is 1. The molecular formula is C10H14O3. The van der Waals surface area contributed by atoms with Crippen LogP contribution < -0.4 is 4.74 Å². The minimum absolute atomic E-state index is 0.0974. The van der Waals surface area contributed by atoms with Crippen molar-refractivity contribution in [3.05, 3.63) is 30.3 Å². The van der Waals surface area contributed by atoms with Gasteiger partial charge in [-0.2, -0.15) is 0 Å². The maximum atomic E-state index is 9.59. The van der Waals surface area contributed by atoms with E-state index in [2.05, 4.69) is 0 Å². The topological polar surface area (TPSA) is 49.7 Å². The van der Waals surface area contributed by atoms with Crippen molar-refractivity contribution in [2.45, 2.75) is 19.1 Å². The lowest BCUT2D eigenvalue weighted by Crippen LogP contribution is -2.32. The van der Waals surface area contributed by atoms with E-state index in [4.69, 9.17) is 9.84 Å². The first kappa shape index (κ1) is 10.0. The Morgan fingerprint density at radius 2 is 1.92 bits per heavy atom. The van der Waals surface area contributed by atoms with Crippen molar-refractivity contribution in [2.24, 2.45) is 0 Å². The molecule has 0 amide bonds. The van der Waals surface area contributed by atoms with Gasteiger partial charge < -0.3 is 14.9 Å². The predicted molar refractivity (Wildman–Crippen MR) is 49.4 cm³/mol. The van der Waals surface area contributed by atoms with Gasteiger partial charge in [-0.1, -0.05) is 18.2 Å². The number of aliphatic hydroxyl groups excluding tert-OH is 1. The Kier molecular flexibility index (Phi) is 3.28. The Hall–Kier alpha value is -1.06. The van der Waals surface area contributed by atoms with Crippen LogP contribution in [0.3, 0.4) is 0 Å². The van der Waals surface area contributed by atoms with Crippen molar-refractivity contribution >= 4 is 0 Å². The minimum atomic E-state index is -1.30. The highest BCUT2D eigenvalue weighted by molar-refractivity contribution is 5.21. The summed E-state index contributed by atoms with van der Waals surface area (Å²) in [5.74, 6) is -0.697. The Labute approximate surface area is 77.6 Å². The molecule has 0 fully saturated rings. The molecule has 0 aromatic heterocycles. The number of hydrogen-bond acceptors (Lipinski definition) is 3. The van der Waals surface area contributed by atoms with Gasteiger partial charge in [0.15, 0.2) is 0 Å². The fourth-order valence-electron chi connectivity index (χ4n) is 1.00. The van der Waals surface area contributed by atoms with Crippen LogP contribution in [0.25, 0.3) is 0 Å². The van der Waals surface area contributed by atoms with E-state index in [1.54, 1.807) is 12.1 Å². The van der Waals surface area contributed by atoms with Gasteiger partial charge in [0, 0.05) is 20.0 Å². The smallest absolute Gasteiger partial charge is 0.207 e. The number of hydrogen-bond donors (Lipinski definition) is 2. The minimum Gasteiger partial charge on any atom is -0.463 e. The molecule has 13 heavy (non-hydrogen) atoms. The lowest BCUT2D eigenvalue weighted by Gasteiger charge is -2.23. The fourth-order valence-corrected chi connectivity index (χ4v) is 1.00. The maximum Gasteiger partial charge on any atom is 0.207 e. The highest BCUT2D eigenvalue weighted by Crippen LogP contribution is 2.17. The van der Waals surface area contributed by atoms with Crippen LogP contribution in [-0.4, -0.2) is 22.6 Å². The second kappa shape index (κ2) is 4.25. The summed E-state index contributed by atoms with van der Waals surface area (Å²) in [4.78, 5) is 0. The Balaban J connectivity index is 2.58. The van der Waals surface area contributed by atoms with Gasteiger partial charge in [0.1, 0.15) is 5.75 Å². The van der Waals surface area contributed by atoms with E-state index in [-0.39, 0.29) is 13.0 Å². The third kappa shape index (κ3) is 3.44. The summed E-state index contributed by atoms with van der Waals surface area (Å²) in [6.07, 6.45) is 0.196. The van der Waals surface area contributed by atoms with Crippen LogP contribution in [0.15, 0.2) is 30.3 Å². The zero-order valence-electron chi connectivity index (χ0n) is 7.60. The van der Waals surface area contributed by atoms with Gasteiger partial charge in [0.2, 0.25) is 5.79 Å². The van der Waals surface area contributed by atoms with Gasteiger partial charge in [-0.3, -0.25) is 0 Å². The lowest BCUT2D eigenvalue weighted by atomic mass is 10.2. The lowest BCUT2D eigenvalue weighted by molar-refractivity contribution is -0.132. The van der Waals surface area contributed by atoms with E-state index in [1.807, 2.05) is 18.2 Å². The molecule has 3 nitrogen and oxygen atoms in total. The molecule has 1 rings (SSSR count). The third-order valence-corrected chi connectivity index (χ3v) is 1.66. The number of para-hydroxylation sites is 1. The molecular weight excluding hydrogens is 168 g/mol. The molecule has 1 aromatic rings. The summed E-state index contributed by atoms with van der Waals surface area (Å²) in [5.41, 5.74) is 0. The summed E-state index contributed by atoms with van der Waals surface area (Å²) in [6.45, 7) is 1.43. The molecule has 0 spiro atoms. The zero-order chi connectivity index (χ0) is 9.73. The van der Waals surface area contributed by atoms with Gasteiger partial charge >= 0.3 is 0 Å². The van der Waals surface area contributed by atoms with E-state index in [0.717, 1.165) is 0 Å². The molecule has 0 radical (unpaired) electrons. The van der Waals surface area contributed by atoms with Crippen molar-refractivity contribution < 1.29 is 14.9 Å². The molecule has 3 heteroatoms. The van der Waals surface area contributed by atoms with Crippen LogP contribution in [0, 0.1) is 0 Å². The number of ether oxygens (including phenoxy) is 1. The van der Waals surface area contributed by atoms with E-state index < -0.39 is 5.79 Å². The van der Waals surface area contributed by atoms with Gasteiger partial charge in [-0.05, 0) is 12.1 Å². The quantitative estimate of drug-likeness (QED) is 0.687. The first-order chi connectivity index (χ1) is 6.14. The van der Waals surface area contributed by atoms with Crippen LogP contribution in [0.1, 0.15) is 13.3 Å². The van der Waals surface area contributed by atoms with Crippen molar-refractivity contribution in [3.63, 3.8) is 0 Å². The Morgan fingerprint density at radius 3 is 2.46 bits per heavy atom.